The van der Waals surface area contributed by atoms with Gasteiger partial charge in [0.1, 0.15) is 11.6 Å². The Hall–Kier alpha value is -2.47. The molecule has 6 heteroatoms. The summed E-state index contributed by atoms with van der Waals surface area (Å²) in [5.74, 6) is 2.11. The van der Waals surface area contributed by atoms with E-state index in [1.54, 1.807) is 0 Å². The molecular formula is C17H20N6. The van der Waals surface area contributed by atoms with E-state index in [0.717, 1.165) is 43.3 Å². The van der Waals surface area contributed by atoms with Crippen molar-refractivity contribution in [3.05, 3.63) is 53.7 Å². The molecule has 2 N–H and O–H groups in total. The van der Waals surface area contributed by atoms with Crippen molar-refractivity contribution in [1.82, 2.24) is 30.3 Å². The van der Waals surface area contributed by atoms with Gasteiger partial charge in [0.15, 0.2) is 0 Å². The minimum Gasteiger partial charge on any atom is -0.314 e. The summed E-state index contributed by atoms with van der Waals surface area (Å²) < 4.78 is 2.22. The van der Waals surface area contributed by atoms with Gasteiger partial charge in [-0.25, -0.2) is 0 Å². The highest BCUT2D eigenvalue weighted by atomic mass is 15.3. The van der Waals surface area contributed by atoms with Gasteiger partial charge in [-0.3, -0.25) is 5.10 Å². The van der Waals surface area contributed by atoms with Crippen molar-refractivity contribution in [1.29, 1.82) is 0 Å². The average Bonchev–Trinajstić information content (AvgIpc) is 3.21. The van der Waals surface area contributed by atoms with Crippen molar-refractivity contribution < 1.29 is 0 Å². The lowest BCUT2D eigenvalue weighted by Gasteiger charge is -2.25. The fourth-order valence-electron chi connectivity index (χ4n) is 3.18. The molecule has 1 aliphatic rings. The van der Waals surface area contributed by atoms with Gasteiger partial charge >= 0.3 is 0 Å². The average molecular weight is 308 g/mol. The number of aromatic nitrogens is 5. The molecule has 0 aliphatic carbocycles. The van der Waals surface area contributed by atoms with E-state index in [4.69, 9.17) is 0 Å². The van der Waals surface area contributed by atoms with Gasteiger partial charge in [0.2, 0.25) is 0 Å². The highest BCUT2D eigenvalue weighted by molar-refractivity contribution is 5.62. The van der Waals surface area contributed by atoms with Gasteiger partial charge in [-0.05, 0) is 18.9 Å². The van der Waals surface area contributed by atoms with Gasteiger partial charge in [0.25, 0.3) is 0 Å². The monoisotopic (exact) mass is 308 g/mol. The molecule has 0 saturated carbocycles. The lowest BCUT2D eigenvalue weighted by molar-refractivity contribution is 0.375. The molecule has 6 nitrogen and oxygen atoms in total. The summed E-state index contributed by atoms with van der Waals surface area (Å²) in [5, 5.41) is 19.4. The smallest absolute Gasteiger partial charge is 0.133 e. The highest BCUT2D eigenvalue weighted by Gasteiger charge is 2.21. The fourth-order valence-corrected chi connectivity index (χ4v) is 3.18. The minimum absolute atomic E-state index is 0.440. The molecule has 0 spiro atoms. The van der Waals surface area contributed by atoms with Crippen molar-refractivity contribution in [2.45, 2.75) is 38.9 Å². The number of hydrogen-bond donors (Lipinski definition) is 2. The number of H-pyrrole nitrogens is 1. The Morgan fingerprint density at radius 1 is 1.26 bits per heavy atom. The van der Waals surface area contributed by atoms with E-state index in [1.807, 2.05) is 31.3 Å². The molecule has 0 fully saturated rings. The first-order chi connectivity index (χ1) is 11.3. The Balaban J connectivity index is 1.45. The van der Waals surface area contributed by atoms with Crippen LogP contribution in [-0.2, 0) is 19.5 Å². The van der Waals surface area contributed by atoms with Crippen LogP contribution in [-0.4, -0.2) is 31.0 Å². The summed E-state index contributed by atoms with van der Waals surface area (Å²) >= 11 is 0. The largest absolute Gasteiger partial charge is 0.314 e. The molecule has 2 aromatic heterocycles. The van der Waals surface area contributed by atoms with Gasteiger partial charge in [-0.2, -0.15) is 5.10 Å². The van der Waals surface area contributed by atoms with Crippen molar-refractivity contribution >= 4 is 0 Å². The van der Waals surface area contributed by atoms with Crippen LogP contribution < -0.4 is 5.32 Å². The molecule has 1 atom stereocenters. The van der Waals surface area contributed by atoms with Crippen LogP contribution in [0.5, 0.6) is 0 Å². The summed E-state index contributed by atoms with van der Waals surface area (Å²) in [4.78, 5) is 0. The summed E-state index contributed by atoms with van der Waals surface area (Å²) in [6.07, 6.45) is 3.99. The lowest BCUT2D eigenvalue weighted by Crippen LogP contribution is -2.37. The second-order valence-corrected chi connectivity index (χ2v) is 6.03. The van der Waals surface area contributed by atoms with Crippen LogP contribution in [0.15, 0.2) is 36.5 Å². The molecule has 0 bridgehead atoms. The summed E-state index contributed by atoms with van der Waals surface area (Å²) in [6.45, 7) is 3.76. The number of rotatable bonds is 4. The molecule has 4 rings (SSSR count). The first kappa shape index (κ1) is 14.1. The zero-order chi connectivity index (χ0) is 15.6. The van der Waals surface area contributed by atoms with Crippen LogP contribution in [0, 0.1) is 6.92 Å². The van der Waals surface area contributed by atoms with Gasteiger partial charge in [-0.1, -0.05) is 30.3 Å². The molecule has 0 saturated heterocycles. The topological polar surface area (TPSA) is 71.4 Å². The Kier molecular flexibility index (Phi) is 3.67. The third-order valence-corrected chi connectivity index (χ3v) is 4.49. The zero-order valence-electron chi connectivity index (χ0n) is 13.2. The van der Waals surface area contributed by atoms with Crippen molar-refractivity contribution in [2.24, 2.45) is 0 Å². The van der Waals surface area contributed by atoms with E-state index in [0.29, 0.717) is 6.04 Å². The quantitative estimate of drug-likeness (QED) is 0.774. The zero-order valence-corrected chi connectivity index (χ0v) is 13.2. The Bertz CT molecular complexity index is 789. The molecule has 0 radical (unpaired) electrons. The normalized spacial score (nSPS) is 17.2. The van der Waals surface area contributed by atoms with Gasteiger partial charge in [0, 0.05) is 31.1 Å². The van der Waals surface area contributed by atoms with E-state index < -0.39 is 0 Å². The van der Waals surface area contributed by atoms with Crippen molar-refractivity contribution in [2.75, 3.05) is 0 Å². The summed E-state index contributed by atoms with van der Waals surface area (Å²) in [6, 6.07) is 10.8. The maximum Gasteiger partial charge on any atom is 0.133 e. The number of fused-ring (bicyclic) bond motifs is 1. The first-order valence-corrected chi connectivity index (χ1v) is 8.01. The van der Waals surface area contributed by atoms with Crippen molar-refractivity contribution in [3.8, 4) is 11.3 Å². The second kappa shape index (κ2) is 5.96. The molecule has 3 heterocycles. The second-order valence-electron chi connectivity index (χ2n) is 6.03. The number of nitrogens with one attached hydrogen (secondary N) is 2. The van der Waals surface area contributed by atoms with Crippen LogP contribution >= 0.6 is 0 Å². The Labute approximate surface area is 135 Å². The molecule has 1 aliphatic heterocycles. The standard InChI is InChI=1S/C17H20N6/c1-12-20-21-16-8-7-15(11-23(12)16)18-9-14-10-19-22-17(14)13-5-3-2-4-6-13/h2-6,10,15,18H,7-9,11H2,1H3,(H,19,22)/t15-/m1/s1. The minimum atomic E-state index is 0.440. The SMILES string of the molecule is Cc1nnc2n1C[C@H](NCc1cn[nH]c1-c1ccccc1)CC2. The number of benzene rings is 1. The van der Waals surface area contributed by atoms with Crippen LogP contribution in [0.25, 0.3) is 11.3 Å². The van der Waals surface area contributed by atoms with E-state index in [-0.39, 0.29) is 0 Å². The number of aromatic amines is 1. The maximum atomic E-state index is 4.22. The first-order valence-electron chi connectivity index (χ1n) is 8.01. The summed E-state index contributed by atoms with van der Waals surface area (Å²) in [5.41, 5.74) is 3.46. The Morgan fingerprint density at radius 2 is 2.13 bits per heavy atom. The molecule has 118 valence electrons. The van der Waals surface area contributed by atoms with Crippen molar-refractivity contribution in [3.63, 3.8) is 0 Å². The van der Waals surface area contributed by atoms with Gasteiger partial charge < -0.3 is 9.88 Å². The number of hydrogen-bond acceptors (Lipinski definition) is 4. The van der Waals surface area contributed by atoms with Crippen LogP contribution in [0.2, 0.25) is 0 Å². The predicted octanol–water partition coefficient (Wildman–Crippen LogP) is 2.08. The molecular weight excluding hydrogens is 288 g/mol. The number of aryl methyl sites for hydroxylation is 2. The molecule has 0 amide bonds. The maximum absolute atomic E-state index is 4.22. The van der Waals surface area contributed by atoms with E-state index in [1.165, 1.54) is 11.1 Å². The molecule has 23 heavy (non-hydrogen) atoms. The lowest BCUT2D eigenvalue weighted by atomic mass is 10.1. The number of nitrogens with zero attached hydrogens (tertiary/aromatic N) is 4. The predicted molar refractivity (Wildman–Crippen MR) is 87.7 cm³/mol. The van der Waals surface area contributed by atoms with Gasteiger partial charge in [0.05, 0.1) is 11.9 Å². The fraction of sp³-hybridized carbons (Fsp3) is 0.353. The van der Waals surface area contributed by atoms with E-state index in [9.17, 15) is 0 Å². The third kappa shape index (κ3) is 2.77. The molecule has 1 aromatic carbocycles. The van der Waals surface area contributed by atoms with E-state index in [2.05, 4.69) is 42.4 Å². The van der Waals surface area contributed by atoms with Crippen LogP contribution in [0.4, 0.5) is 0 Å². The van der Waals surface area contributed by atoms with Crippen LogP contribution in [0.3, 0.4) is 0 Å². The van der Waals surface area contributed by atoms with Crippen LogP contribution in [0.1, 0.15) is 23.6 Å². The summed E-state index contributed by atoms with van der Waals surface area (Å²) in [7, 11) is 0. The van der Waals surface area contributed by atoms with E-state index >= 15 is 0 Å². The van der Waals surface area contributed by atoms with Gasteiger partial charge in [-0.15, -0.1) is 10.2 Å². The highest BCUT2D eigenvalue weighted by Crippen LogP contribution is 2.21. The third-order valence-electron chi connectivity index (χ3n) is 4.49. The molecule has 3 aromatic rings. The molecule has 0 unspecified atom stereocenters. The Morgan fingerprint density at radius 3 is 3.00 bits per heavy atom.